The van der Waals surface area contributed by atoms with Crippen molar-refractivity contribution in [2.24, 2.45) is 0 Å². The second-order valence-electron chi connectivity index (χ2n) is 10.1. The number of halogens is 1. The van der Waals surface area contributed by atoms with Gasteiger partial charge in [0.05, 0.1) is 24.0 Å². The van der Waals surface area contributed by atoms with E-state index in [0.717, 1.165) is 76.8 Å². The minimum atomic E-state index is -0.930. The van der Waals surface area contributed by atoms with Crippen LogP contribution in [0.25, 0.3) is 5.57 Å². The van der Waals surface area contributed by atoms with E-state index in [-0.39, 0.29) is 6.10 Å². The molecule has 1 saturated heterocycles. The molecule has 1 unspecified atom stereocenters. The predicted octanol–water partition coefficient (Wildman–Crippen LogP) is 5.97. The Balaban J connectivity index is 1.28. The number of hydrogen-bond donors (Lipinski definition) is 1. The number of pyridine rings is 1. The third-order valence-electron chi connectivity index (χ3n) is 6.94. The Morgan fingerprint density at radius 2 is 2.00 bits per heavy atom. The Labute approximate surface area is 218 Å². The van der Waals surface area contributed by atoms with Crippen LogP contribution in [-0.4, -0.2) is 40.7 Å². The fourth-order valence-corrected chi connectivity index (χ4v) is 5.00. The maximum Gasteiger partial charge on any atom is 0.131 e. The number of hydrogen-bond acceptors (Lipinski definition) is 5. The van der Waals surface area contributed by atoms with E-state index in [1.165, 1.54) is 0 Å². The van der Waals surface area contributed by atoms with Crippen molar-refractivity contribution in [3.05, 3.63) is 99.8 Å². The van der Waals surface area contributed by atoms with Crippen molar-refractivity contribution in [2.75, 3.05) is 19.6 Å². The van der Waals surface area contributed by atoms with Crippen LogP contribution in [0.5, 0.6) is 5.75 Å². The molecular formula is C30H33ClN2O3. The molecule has 188 valence electrons. The monoisotopic (exact) mass is 504 g/mol. The predicted molar refractivity (Wildman–Crippen MR) is 143 cm³/mol. The van der Waals surface area contributed by atoms with Gasteiger partial charge in [0.25, 0.3) is 0 Å². The van der Waals surface area contributed by atoms with E-state index in [0.29, 0.717) is 13.2 Å². The molecule has 6 heteroatoms. The molecule has 0 aliphatic carbocycles. The number of rotatable bonds is 7. The van der Waals surface area contributed by atoms with Crippen molar-refractivity contribution in [1.82, 2.24) is 9.88 Å². The standard InChI is InChI=1S/C30H33ClN2O3/c1-30(2,34)22-9-12-29-27(17-22)25(26-5-3-14-32-28(26)20-36-29)6-4-15-33-16-13-24(18-33)35-19-21-7-10-23(31)11-8-21/h3,5-12,14,17,24,34H,4,13,15-16,18-20H2,1-2H3/b25-6+. The molecule has 0 spiro atoms. The first-order valence-electron chi connectivity index (χ1n) is 12.6. The lowest BCUT2D eigenvalue weighted by molar-refractivity contribution is 0.0468. The highest BCUT2D eigenvalue weighted by Crippen LogP contribution is 2.38. The minimum absolute atomic E-state index is 0.250. The third-order valence-corrected chi connectivity index (χ3v) is 7.19. The van der Waals surface area contributed by atoms with Crippen LogP contribution in [0.3, 0.4) is 0 Å². The molecule has 2 aromatic carbocycles. The summed E-state index contributed by atoms with van der Waals surface area (Å²) in [5, 5.41) is 11.4. The molecule has 5 nitrogen and oxygen atoms in total. The van der Waals surface area contributed by atoms with Gasteiger partial charge in [0.15, 0.2) is 0 Å². The van der Waals surface area contributed by atoms with Gasteiger partial charge in [0.1, 0.15) is 12.4 Å². The molecule has 1 atom stereocenters. The van der Waals surface area contributed by atoms with Crippen molar-refractivity contribution in [3.63, 3.8) is 0 Å². The molecule has 0 radical (unpaired) electrons. The van der Waals surface area contributed by atoms with Crippen molar-refractivity contribution < 1.29 is 14.6 Å². The van der Waals surface area contributed by atoms with E-state index in [9.17, 15) is 5.11 Å². The fraction of sp³-hybridized carbons (Fsp3) is 0.367. The van der Waals surface area contributed by atoms with E-state index in [1.54, 1.807) is 0 Å². The molecule has 2 aliphatic rings. The largest absolute Gasteiger partial charge is 0.487 e. The average molecular weight is 505 g/mol. The van der Waals surface area contributed by atoms with Gasteiger partial charge in [-0.15, -0.1) is 0 Å². The first-order chi connectivity index (χ1) is 17.4. The molecule has 36 heavy (non-hydrogen) atoms. The number of benzene rings is 2. The zero-order valence-corrected chi connectivity index (χ0v) is 21.7. The number of aliphatic hydroxyl groups is 1. The molecule has 1 aromatic heterocycles. The second-order valence-corrected chi connectivity index (χ2v) is 10.5. The third kappa shape index (κ3) is 5.81. The van der Waals surface area contributed by atoms with E-state index in [2.05, 4.69) is 28.1 Å². The van der Waals surface area contributed by atoms with Gasteiger partial charge in [-0.3, -0.25) is 4.98 Å². The number of likely N-dealkylation sites (tertiary alicyclic amines) is 1. The summed E-state index contributed by atoms with van der Waals surface area (Å²) in [6, 6.07) is 17.9. The van der Waals surface area contributed by atoms with Crippen LogP contribution in [0.15, 0.2) is 66.9 Å². The lowest BCUT2D eigenvalue weighted by Crippen LogP contribution is -2.24. The van der Waals surface area contributed by atoms with Crippen LogP contribution >= 0.6 is 11.6 Å². The summed E-state index contributed by atoms with van der Waals surface area (Å²) in [6.07, 6.45) is 6.30. The SMILES string of the molecule is CC(C)(O)c1ccc2c(c1)/C(=C/CCN1CCC(OCc3ccc(Cl)cc3)C1)c1cccnc1CO2. The van der Waals surface area contributed by atoms with Crippen LogP contribution < -0.4 is 4.74 Å². The molecule has 0 amide bonds. The van der Waals surface area contributed by atoms with Crippen LogP contribution in [0, 0.1) is 0 Å². The van der Waals surface area contributed by atoms with Crippen LogP contribution in [0.2, 0.25) is 5.02 Å². The molecule has 0 bridgehead atoms. The normalized spacial score (nSPS) is 19.0. The quantitative estimate of drug-likeness (QED) is 0.429. The van der Waals surface area contributed by atoms with Gasteiger partial charge in [-0.25, -0.2) is 0 Å². The van der Waals surface area contributed by atoms with Crippen LogP contribution in [0.1, 0.15) is 54.6 Å². The summed E-state index contributed by atoms with van der Waals surface area (Å²) in [4.78, 5) is 7.05. The van der Waals surface area contributed by atoms with Gasteiger partial charge in [0, 0.05) is 42.0 Å². The van der Waals surface area contributed by atoms with Gasteiger partial charge in [-0.1, -0.05) is 41.9 Å². The number of ether oxygens (including phenoxy) is 2. The molecule has 2 aliphatic heterocycles. The summed E-state index contributed by atoms with van der Waals surface area (Å²) in [5.41, 5.74) is 5.23. The first kappa shape index (κ1) is 25.0. The Kier molecular flexibility index (Phi) is 7.44. The Morgan fingerprint density at radius 1 is 1.17 bits per heavy atom. The van der Waals surface area contributed by atoms with Crippen LogP contribution in [0.4, 0.5) is 0 Å². The fourth-order valence-electron chi connectivity index (χ4n) is 4.88. The van der Waals surface area contributed by atoms with Crippen molar-refractivity contribution in [2.45, 2.75) is 51.6 Å². The molecule has 5 rings (SSSR count). The lowest BCUT2D eigenvalue weighted by atomic mass is 9.90. The molecule has 1 N–H and O–H groups in total. The average Bonchev–Trinajstić information content (AvgIpc) is 3.26. The summed E-state index contributed by atoms with van der Waals surface area (Å²) in [5.74, 6) is 0.823. The second kappa shape index (κ2) is 10.7. The maximum atomic E-state index is 10.6. The summed E-state index contributed by atoms with van der Waals surface area (Å²) in [7, 11) is 0. The van der Waals surface area contributed by atoms with E-state index in [1.807, 2.05) is 62.5 Å². The lowest BCUT2D eigenvalue weighted by Gasteiger charge is -2.20. The summed E-state index contributed by atoms with van der Waals surface area (Å²) < 4.78 is 12.3. The zero-order valence-electron chi connectivity index (χ0n) is 20.9. The minimum Gasteiger partial charge on any atom is -0.487 e. The Bertz CT molecular complexity index is 1230. The molecular weight excluding hydrogens is 472 g/mol. The molecule has 3 heterocycles. The molecule has 3 aromatic rings. The highest BCUT2D eigenvalue weighted by atomic mass is 35.5. The van der Waals surface area contributed by atoms with Gasteiger partial charge in [-0.2, -0.15) is 0 Å². The summed E-state index contributed by atoms with van der Waals surface area (Å²) >= 11 is 5.98. The van der Waals surface area contributed by atoms with Gasteiger partial charge in [-0.05, 0) is 73.7 Å². The van der Waals surface area contributed by atoms with E-state index in [4.69, 9.17) is 21.1 Å². The number of aromatic nitrogens is 1. The highest BCUT2D eigenvalue weighted by Gasteiger charge is 2.25. The van der Waals surface area contributed by atoms with Gasteiger partial charge in [0.2, 0.25) is 0 Å². The van der Waals surface area contributed by atoms with Crippen molar-refractivity contribution in [3.8, 4) is 5.75 Å². The van der Waals surface area contributed by atoms with E-state index < -0.39 is 5.60 Å². The number of nitrogens with zero attached hydrogens (tertiary/aromatic N) is 2. The zero-order chi connectivity index (χ0) is 25.1. The Morgan fingerprint density at radius 3 is 2.81 bits per heavy atom. The molecule has 1 fully saturated rings. The van der Waals surface area contributed by atoms with Crippen molar-refractivity contribution >= 4 is 17.2 Å². The Hall–Kier alpha value is -2.70. The van der Waals surface area contributed by atoms with Crippen LogP contribution in [-0.2, 0) is 23.6 Å². The smallest absolute Gasteiger partial charge is 0.131 e. The van der Waals surface area contributed by atoms with E-state index >= 15 is 0 Å². The van der Waals surface area contributed by atoms with Gasteiger partial charge < -0.3 is 19.5 Å². The topological polar surface area (TPSA) is 54.8 Å². The molecule has 0 saturated carbocycles. The maximum absolute atomic E-state index is 10.6. The number of fused-ring (bicyclic) bond motifs is 2. The highest BCUT2D eigenvalue weighted by molar-refractivity contribution is 6.30. The first-order valence-corrected chi connectivity index (χ1v) is 13.0. The van der Waals surface area contributed by atoms with Gasteiger partial charge >= 0.3 is 0 Å². The summed E-state index contributed by atoms with van der Waals surface area (Å²) in [6.45, 7) is 7.60. The van der Waals surface area contributed by atoms with Crippen molar-refractivity contribution in [1.29, 1.82) is 0 Å².